The highest BCUT2D eigenvalue weighted by Gasteiger charge is 2.30. The average molecular weight is 342 g/mol. The van der Waals surface area contributed by atoms with Crippen molar-refractivity contribution in [1.29, 1.82) is 5.26 Å². The van der Waals surface area contributed by atoms with Gasteiger partial charge in [0.25, 0.3) is 0 Å². The normalized spacial score (nSPS) is 12.1. The van der Waals surface area contributed by atoms with Crippen LogP contribution in [0.3, 0.4) is 0 Å². The average Bonchev–Trinajstić information content (AvgIpc) is 2.47. The summed E-state index contributed by atoms with van der Waals surface area (Å²) in [5.41, 5.74) is 0.0523. The third kappa shape index (κ3) is 3.82. The molecule has 0 N–H and O–H groups in total. The minimum absolute atomic E-state index is 0.101. The largest absolute Gasteiger partial charge is 0.416 e. The highest BCUT2D eigenvalue weighted by molar-refractivity contribution is 6.42. The number of alkyl halides is 3. The van der Waals surface area contributed by atoms with Gasteiger partial charge in [0.1, 0.15) is 0 Å². The van der Waals surface area contributed by atoms with Crippen LogP contribution in [0.15, 0.2) is 42.5 Å². The summed E-state index contributed by atoms with van der Waals surface area (Å²) in [6.07, 6.45) is -3.00. The molecule has 2 aromatic carbocycles. The summed E-state index contributed by atoms with van der Waals surface area (Å²) in [6.45, 7) is 0. The summed E-state index contributed by atoms with van der Waals surface area (Å²) in [4.78, 5) is 0. The number of nitrogens with zero attached hydrogens (tertiary/aromatic N) is 1. The maximum atomic E-state index is 12.7. The Labute approximate surface area is 135 Å². The summed E-state index contributed by atoms with van der Waals surface area (Å²) in [5, 5.41) is 9.86. The van der Waals surface area contributed by atoms with Gasteiger partial charge in [-0.3, -0.25) is 0 Å². The minimum atomic E-state index is -4.46. The van der Waals surface area contributed by atoms with Crippen LogP contribution in [0.25, 0.3) is 11.6 Å². The van der Waals surface area contributed by atoms with E-state index in [0.29, 0.717) is 15.6 Å². The molecule has 0 fully saturated rings. The molecule has 0 aromatic heterocycles. The second-order valence-electron chi connectivity index (χ2n) is 4.42. The van der Waals surface area contributed by atoms with Gasteiger partial charge >= 0.3 is 6.18 Å². The molecule has 6 heteroatoms. The van der Waals surface area contributed by atoms with Gasteiger partial charge in [-0.05, 0) is 41.5 Å². The highest BCUT2D eigenvalue weighted by atomic mass is 35.5. The molecule has 112 valence electrons. The van der Waals surface area contributed by atoms with Crippen molar-refractivity contribution < 1.29 is 13.2 Å². The molecule has 2 aromatic rings. The van der Waals surface area contributed by atoms with Gasteiger partial charge in [0.05, 0.1) is 27.3 Å². The number of allylic oxidation sites excluding steroid dienone is 1. The van der Waals surface area contributed by atoms with Crippen LogP contribution in [-0.2, 0) is 6.18 Å². The van der Waals surface area contributed by atoms with Gasteiger partial charge in [-0.2, -0.15) is 18.4 Å². The molecular weight excluding hydrogens is 334 g/mol. The number of rotatable bonds is 2. The number of benzene rings is 2. The molecule has 2 rings (SSSR count). The van der Waals surface area contributed by atoms with Crippen molar-refractivity contribution in [3.05, 3.63) is 69.2 Å². The fraction of sp³-hybridized carbons (Fsp3) is 0.0625. The first-order valence-electron chi connectivity index (χ1n) is 6.06. The zero-order valence-corrected chi connectivity index (χ0v) is 12.5. The SMILES string of the molecule is N#CC(=Cc1ccc(Cl)c(Cl)c1)c1cccc(C(F)(F)F)c1. The maximum absolute atomic E-state index is 12.7. The smallest absolute Gasteiger partial charge is 0.192 e. The van der Waals surface area contributed by atoms with Crippen LogP contribution in [0, 0.1) is 11.3 Å². The zero-order valence-electron chi connectivity index (χ0n) is 11.0. The number of nitriles is 1. The summed E-state index contributed by atoms with van der Waals surface area (Å²) in [7, 11) is 0. The van der Waals surface area contributed by atoms with E-state index in [-0.39, 0.29) is 11.1 Å². The molecule has 0 aliphatic carbocycles. The molecule has 22 heavy (non-hydrogen) atoms. The third-order valence-electron chi connectivity index (χ3n) is 2.88. The Morgan fingerprint density at radius 3 is 2.36 bits per heavy atom. The Balaban J connectivity index is 2.46. The fourth-order valence-electron chi connectivity index (χ4n) is 1.81. The molecule has 0 spiro atoms. The van der Waals surface area contributed by atoms with Crippen LogP contribution >= 0.6 is 23.2 Å². The van der Waals surface area contributed by atoms with Crippen molar-refractivity contribution in [3.8, 4) is 6.07 Å². The number of hydrogen-bond donors (Lipinski definition) is 0. The topological polar surface area (TPSA) is 23.8 Å². The van der Waals surface area contributed by atoms with E-state index in [4.69, 9.17) is 23.2 Å². The van der Waals surface area contributed by atoms with Crippen LogP contribution in [0.5, 0.6) is 0 Å². The molecular formula is C16H8Cl2F3N. The Morgan fingerprint density at radius 2 is 1.77 bits per heavy atom. The van der Waals surface area contributed by atoms with Crippen molar-refractivity contribution in [2.24, 2.45) is 0 Å². The molecule has 0 aliphatic rings. The fourth-order valence-corrected chi connectivity index (χ4v) is 2.12. The van der Waals surface area contributed by atoms with Crippen LogP contribution in [0.1, 0.15) is 16.7 Å². The molecule has 0 saturated heterocycles. The van der Waals surface area contributed by atoms with E-state index in [9.17, 15) is 18.4 Å². The Bertz CT molecular complexity index is 774. The van der Waals surface area contributed by atoms with Gasteiger partial charge in [-0.1, -0.05) is 41.4 Å². The van der Waals surface area contributed by atoms with Crippen LogP contribution in [-0.4, -0.2) is 0 Å². The quantitative estimate of drug-likeness (QED) is 0.479. The van der Waals surface area contributed by atoms with Gasteiger partial charge in [0, 0.05) is 0 Å². The molecule has 1 nitrogen and oxygen atoms in total. The summed E-state index contributed by atoms with van der Waals surface area (Å²) in [5.74, 6) is 0. The Morgan fingerprint density at radius 1 is 1.05 bits per heavy atom. The van der Waals surface area contributed by atoms with E-state index in [1.165, 1.54) is 24.3 Å². The molecule has 0 amide bonds. The number of hydrogen-bond acceptors (Lipinski definition) is 1. The lowest BCUT2D eigenvalue weighted by Crippen LogP contribution is -2.04. The van der Waals surface area contributed by atoms with Crippen molar-refractivity contribution in [1.82, 2.24) is 0 Å². The zero-order chi connectivity index (χ0) is 16.3. The van der Waals surface area contributed by atoms with E-state index in [1.54, 1.807) is 12.1 Å². The van der Waals surface area contributed by atoms with Gasteiger partial charge in [-0.25, -0.2) is 0 Å². The van der Waals surface area contributed by atoms with Crippen molar-refractivity contribution in [2.45, 2.75) is 6.18 Å². The number of halogens is 5. The summed E-state index contributed by atoms with van der Waals surface area (Å²) in [6, 6.07) is 11.2. The predicted molar refractivity (Wildman–Crippen MR) is 81.4 cm³/mol. The molecule has 0 unspecified atom stereocenters. The molecule has 0 atom stereocenters. The standard InChI is InChI=1S/C16H8Cl2F3N/c17-14-5-4-10(7-15(14)18)6-12(9-22)11-2-1-3-13(8-11)16(19,20)21/h1-8H. The van der Waals surface area contributed by atoms with Crippen molar-refractivity contribution in [2.75, 3.05) is 0 Å². The maximum Gasteiger partial charge on any atom is 0.416 e. The lowest BCUT2D eigenvalue weighted by molar-refractivity contribution is -0.137. The first-order valence-corrected chi connectivity index (χ1v) is 6.81. The first-order chi connectivity index (χ1) is 10.3. The van der Waals surface area contributed by atoms with E-state index < -0.39 is 11.7 Å². The van der Waals surface area contributed by atoms with Crippen molar-refractivity contribution in [3.63, 3.8) is 0 Å². The second-order valence-corrected chi connectivity index (χ2v) is 5.24. The van der Waals surface area contributed by atoms with Gasteiger partial charge < -0.3 is 0 Å². The van der Waals surface area contributed by atoms with Gasteiger partial charge in [0.2, 0.25) is 0 Å². The predicted octanol–water partition coefficient (Wildman–Crippen LogP) is 6.08. The molecule has 0 heterocycles. The lowest BCUT2D eigenvalue weighted by atomic mass is 10.0. The Hall–Kier alpha value is -1.96. The molecule has 0 saturated carbocycles. The van der Waals surface area contributed by atoms with Gasteiger partial charge in [-0.15, -0.1) is 0 Å². The summed E-state index contributed by atoms with van der Waals surface area (Å²) >= 11 is 11.7. The van der Waals surface area contributed by atoms with E-state index in [0.717, 1.165) is 12.1 Å². The van der Waals surface area contributed by atoms with E-state index in [1.807, 2.05) is 6.07 Å². The summed E-state index contributed by atoms with van der Waals surface area (Å²) < 4.78 is 38.2. The third-order valence-corrected chi connectivity index (χ3v) is 3.62. The van der Waals surface area contributed by atoms with E-state index >= 15 is 0 Å². The van der Waals surface area contributed by atoms with Crippen LogP contribution < -0.4 is 0 Å². The van der Waals surface area contributed by atoms with Gasteiger partial charge in [0.15, 0.2) is 0 Å². The highest BCUT2D eigenvalue weighted by Crippen LogP contribution is 2.31. The lowest BCUT2D eigenvalue weighted by Gasteiger charge is -2.08. The first kappa shape index (κ1) is 16.4. The van der Waals surface area contributed by atoms with Crippen molar-refractivity contribution >= 4 is 34.9 Å². The molecule has 0 radical (unpaired) electrons. The molecule has 0 aliphatic heterocycles. The van der Waals surface area contributed by atoms with Crippen LogP contribution in [0.2, 0.25) is 10.0 Å². The monoisotopic (exact) mass is 341 g/mol. The van der Waals surface area contributed by atoms with Crippen LogP contribution in [0.4, 0.5) is 13.2 Å². The molecule has 0 bridgehead atoms. The Kier molecular flexibility index (Phi) is 4.80. The second kappa shape index (κ2) is 6.43. The minimum Gasteiger partial charge on any atom is -0.192 e. The van der Waals surface area contributed by atoms with E-state index in [2.05, 4.69) is 0 Å².